The van der Waals surface area contributed by atoms with Gasteiger partial charge in [-0.2, -0.15) is 0 Å². The number of benzene rings is 3. The van der Waals surface area contributed by atoms with Crippen molar-refractivity contribution in [3.63, 3.8) is 0 Å². The fourth-order valence-corrected chi connectivity index (χ4v) is 4.00. The largest absolute Gasteiger partial charge is 0.352 e. The van der Waals surface area contributed by atoms with Crippen molar-refractivity contribution in [1.29, 1.82) is 0 Å². The topological polar surface area (TPSA) is 55.1 Å². The molecule has 1 aromatic heterocycles. The molecule has 2 aliphatic rings. The molecule has 0 unspecified atom stereocenters. The summed E-state index contributed by atoms with van der Waals surface area (Å²) in [6.45, 7) is 4.14. The number of para-hydroxylation sites is 2. The predicted octanol–water partition coefficient (Wildman–Crippen LogP) is 6.23. The van der Waals surface area contributed by atoms with Crippen LogP contribution in [0.1, 0.15) is 13.8 Å². The number of nitrogens with zero attached hydrogens (tertiary/aromatic N) is 4. The standard InChI is InChI=1S/C26H22ClN5/c1-17(2)29-23-15-26-24(14-22(23)30-19-8-6-12-28-16-19)31-21-10-3-4-11-25(21)32(26)20-9-5-7-18(27)13-20/h3-17,30H,1-2H3. The van der Waals surface area contributed by atoms with E-state index in [4.69, 9.17) is 21.6 Å². The molecule has 158 valence electrons. The van der Waals surface area contributed by atoms with Crippen molar-refractivity contribution in [2.24, 2.45) is 4.99 Å². The van der Waals surface area contributed by atoms with E-state index in [1.165, 1.54) is 0 Å². The quantitative estimate of drug-likeness (QED) is 0.337. The summed E-state index contributed by atoms with van der Waals surface area (Å²) < 4.78 is 2.19. The average Bonchev–Trinajstić information content (AvgIpc) is 2.78. The first-order valence-electron chi connectivity index (χ1n) is 10.5. The lowest BCUT2D eigenvalue weighted by atomic mass is 10.1. The van der Waals surface area contributed by atoms with Gasteiger partial charge < -0.3 is 9.88 Å². The summed E-state index contributed by atoms with van der Waals surface area (Å²) in [5.41, 5.74) is 6.49. The maximum atomic E-state index is 6.35. The summed E-state index contributed by atoms with van der Waals surface area (Å²) in [5, 5.41) is 5.01. The number of pyridine rings is 1. The van der Waals surface area contributed by atoms with Gasteiger partial charge in [-0.05, 0) is 68.4 Å². The number of rotatable bonds is 4. The Labute approximate surface area is 191 Å². The molecule has 0 bridgehead atoms. The summed E-state index contributed by atoms with van der Waals surface area (Å²) in [7, 11) is 0. The van der Waals surface area contributed by atoms with Crippen LogP contribution in [0.15, 0.2) is 90.2 Å². The van der Waals surface area contributed by atoms with Gasteiger partial charge in [0, 0.05) is 22.9 Å². The van der Waals surface area contributed by atoms with Gasteiger partial charge in [0.2, 0.25) is 0 Å². The Morgan fingerprint density at radius 3 is 2.62 bits per heavy atom. The van der Waals surface area contributed by atoms with Crippen molar-refractivity contribution in [1.82, 2.24) is 14.5 Å². The minimum absolute atomic E-state index is 0.134. The molecular weight excluding hydrogens is 418 g/mol. The highest BCUT2D eigenvalue weighted by atomic mass is 35.5. The molecule has 6 heteroatoms. The lowest BCUT2D eigenvalue weighted by Crippen LogP contribution is -2.16. The van der Waals surface area contributed by atoms with Gasteiger partial charge in [-0.3, -0.25) is 9.98 Å². The highest BCUT2D eigenvalue weighted by Crippen LogP contribution is 2.31. The van der Waals surface area contributed by atoms with E-state index in [0.717, 1.165) is 44.8 Å². The Hall–Kier alpha value is -3.70. The molecule has 0 spiro atoms. The molecule has 0 saturated carbocycles. The summed E-state index contributed by atoms with van der Waals surface area (Å²) in [6.07, 6.45) is 3.55. The zero-order valence-corrected chi connectivity index (χ0v) is 18.6. The predicted molar refractivity (Wildman–Crippen MR) is 131 cm³/mol. The van der Waals surface area contributed by atoms with Crippen LogP contribution in [0.5, 0.6) is 0 Å². The van der Waals surface area contributed by atoms with E-state index in [1.807, 2.05) is 48.5 Å². The molecule has 0 amide bonds. The molecule has 0 atom stereocenters. The van der Waals surface area contributed by atoms with Crippen LogP contribution >= 0.6 is 11.6 Å². The van der Waals surface area contributed by atoms with Crippen LogP contribution in [0.2, 0.25) is 5.02 Å². The number of nitrogens with one attached hydrogen (secondary N) is 1. The van der Waals surface area contributed by atoms with Gasteiger partial charge in [-0.1, -0.05) is 29.8 Å². The lowest BCUT2D eigenvalue weighted by molar-refractivity contribution is 0.806. The number of hydrogen-bond acceptors (Lipinski definition) is 4. The van der Waals surface area contributed by atoms with Gasteiger partial charge >= 0.3 is 0 Å². The molecule has 1 aliphatic heterocycles. The minimum atomic E-state index is 0.134. The Balaban J connectivity index is 1.84. The van der Waals surface area contributed by atoms with E-state index in [-0.39, 0.29) is 6.04 Å². The van der Waals surface area contributed by atoms with Gasteiger partial charge in [0.05, 0.1) is 45.4 Å². The molecule has 1 N–H and O–H groups in total. The van der Waals surface area contributed by atoms with Crippen LogP contribution < -0.4 is 10.7 Å². The Morgan fingerprint density at radius 1 is 0.969 bits per heavy atom. The maximum Gasteiger partial charge on any atom is 0.0900 e. The monoisotopic (exact) mass is 439 g/mol. The van der Waals surface area contributed by atoms with Crippen molar-refractivity contribution in [3.8, 4) is 17.1 Å². The Morgan fingerprint density at radius 2 is 1.84 bits per heavy atom. The van der Waals surface area contributed by atoms with Crippen LogP contribution in [-0.4, -0.2) is 20.6 Å². The minimum Gasteiger partial charge on any atom is -0.352 e. The highest BCUT2D eigenvalue weighted by Gasteiger charge is 2.17. The SMILES string of the molecule is CC(C)N=c1cc2n(-c3cccc(Cl)c3)c3ccccc3nc-2cc1Nc1cccnc1. The molecule has 1 aliphatic carbocycles. The third kappa shape index (κ3) is 3.95. The zero-order valence-electron chi connectivity index (χ0n) is 17.8. The Kier molecular flexibility index (Phi) is 5.33. The van der Waals surface area contributed by atoms with Gasteiger partial charge in [0.25, 0.3) is 0 Å². The molecule has 5 rings (SSSR count). The second kappa shape index (κ2) is 8.44. The average molecular weight is 440 g/mol. The van der Waals surface area contributed by atoms with Crippen molar-refractivity contribution >= 4 is 34.0 Å². The normalized spacial score (nSPS) is 12.1. The molecule has 32 heavy (non-hydrogen) atoms. The first kappa shape index (κ1) is 20.2. The van der Waals surface area contributed by atoms with Crippen molar-refractivity contribution in [3.05, 3.63) is 95.6 Å². The zero-order chi connectivity index (χ0) is 22.1. The van der Waals surface area contributed by atoms with E-state index in [2.05, 4.69) is 53.0 Å². The third-order valence-corrected chi connectivity index (χ3v) is 5.34. The summed E-state index contributed by atoms with van der Waals surface area (Å²) in [5.74, 6) is 0. The van der Waals surface area contributed by atoms with Gasteiger partial charge in [-0.15, -0.1) is 0 Å². The molecule has 0 saturated heterocycles. The molecule has 3 aromatic rings. The van der Waals surface area contributed by atoms with Gasteiger partial charge in [0.15, 0.2) is 0 Å². The third-order valence-electron chi connectivity index (χ3n) is 5.10. The van der Waals surface area contributed by atoms with Crippen molar-refractivity contribution < 1.29 is 0 Å². The molecule has 2 heterocycles. The van der Waals surface area contributed by atoms with Gasteiger partial charge in [0.1, 0.15) is 0 Å². The first-order valence-corrected chi connectivity index (χ1v) is 10.9. The van der Waals surface area contributed by atoms with Crippen molar-refractivity contribution in [2.45, 2.75) is 19.9 Å². The van der Waals surface area contributed by atoms with Crippen LogP contribution in [-0.2, 0) is 0 Å². The molecule has 5 nitrogen and oxygen atoms in total. The van der Waals surface area contributed by atoms with Crippen LogP contribution in [0.4, 0.5) is 11.4 Å². The number of aromatic nitrogens is 3. The van der Waals surface area contributed by atoms with Crippen molar-refractivity contribution in [2.75, 3.05) is 5.32 Å². The maximum absolute atomic E-state index is 6.35. The van der Waals surface area contributed by atoms with E-state index >= 15 is 0 Å². The Bertz CT molecular complexity index is 1440. The summed E-state index contributed by atoms with van der Waals surface area (Å²) in [6, 6.07) is 24.2. The number of fused-ring (bicyclic) bond motifs is 2. The van der Waals surface area contributed by atoms with Gasteiger partial charge in [-0.25, -0.2) is 4.98 Å². The lowest BCUT2D eigenvalue weighted by Gasteiger charge is -2.20. The molecule has 2 aromatic carbocycles. The second-order valence-electron chi connectivity index (χ2n) is 7.86. The second-order valence-corrected chi connectivity index (χ2v) is 8.30. The summed E-state index contributed by atoms with van der Waals surface area (Å²) in [4.78, 5) is 14.1. The fourth-order valence-electron chi connectivity index (χ4n) is 3.81. The van der Waals surface area contributed by atoms with Crippen LogP contribution in [0.25, 0.3) is 28.1 Å². The van der Waals surface area contributed by atoms with Crippen LogP contribution in [0, 0.1) is 0 Å². The molecule has 0 radical (unpaired) electrons. The van der Waals surface area contributed by atoms with E-state index in [9.17, 15) is 0 Å². The summed E-state index contributed by atoms with van der Waals surface area (Å²) >= 11 is 6.35. The van der Waals surface area contributed by atoms with E-state index in [1.54, 1.807) is 12.4 Å². The number of halogens is 1. The van der Waals surface area contributed by atoms with Crippen LogP contribution in [0.3, 0.4) is 0 Å². The number of anilines is 2. The highest BCUT2D eigenvalue weighted by molar-refractivity contribution is 6.30. The number of hydrogen-bond donors (Lipinski definition) is 1. The van der Waals surface area contributed by atoms with E-state index < -0.39 is 0 Å². The smallest absolute Gasteiger partial charge is 0.0900 e. The van der Waals surface area contributed by atoms with E-state index in [0.29, 0.717) is 5.02 Å². The molecular formula is C26H22ClN5. The molecule has 0 fully saturated rings. The first-order chi connectivity index (χ1) is 15.6. The fraction of sp³-hybridized carbons (Fsp3) is 0.115.